The molecule has 0 radical (unpaired) electrons. The summed E-state index contributed by atoms with van der Waals surface area (Å²) in [6.07, 6.45) is -3.18. The number of anilines is 2. The van der Waals surface area contributed by atoms with Crippen LogP contribution < -0.4 is 9.62 Å². The number of amides is 1. The second-order valence-corrected chi connectivity index (χ2v) is 7.47. The van der Waals surface area contributed by atoms with Gasteiger partial charge in [0.05, 0.1) is 11.3 Å². The molecule has 1 aromatic heterocycles. The van der Waals surface area contributed by atoms with Gasteiger partial charge in [-0.1, -0.05) is 0 Å². The molecular weight excluding hydrogens is 397 g/mol. The van der Waals surface area contributed by atoms with Gasteiger partial charge in [-0.3, -0.25) is 14.4 Å². The number of alkyl halides is 3. The largest absolute Gasteiger partial charge is 0.419 e. The molecule has 2 N–H and O–H groups in total. The van der Waals surface area contributed by atoms with Crippen LogP contribution in [0.25, 0.3) is 0 Å². The average Bonchev–Trinajstić information content (AvgIpc) is 3.18. The highest BCUT2D eigenvalue weighted by atomic mass is 32.2. The summed E-state index contributed by atoms with van der Waals surface area (Å²) in [6, 6.07) is 1.11. The van der Waals surface area contributed by atoms with E-state index in [1.807, 2.05) is 0 Å². The van der Waals surface area contributed by atoms with Crippen LogP contribution in [0.3, 0.4) is 0 Å². The molecule has 12 heteroatoms. The maximum atomic E-state index is 13.9. The van der Waals surface area contributed by atoms with Gasteiger partial charge in [0.15, 0.2) is 0 Å². The van der Waals surface area contributed by atoms with E-state index >= 15 is 0 Å². The van der Waals surface area contributed by atoms with E-state index in [4.69, 9.17) is 0 Å². The van der Waals surface area contributed by atoms with Crippen molar-refractivity contribution in [3.63, 3.8) is 0 Å². The number of H-pyrrole nitrogens is 1. The number of rotatable bonds is 4. The summed E-state index contributed by atoms with van der Waals surface area (Å²) in [5, 5.41) is 0. The zero-order chi connectivity index (χ0) is 20.0. The molecule has 1 saturated heterocycles. The van der Waals surface area contributed by atoms with Crippen molar-refractivity contribution in [3.05, 3.63) is 41.6 Å². The van der Waals surface area contributed by atoms with E-state index in [-0.39, 0.29) is 23.9 Å². The van der Waals surface area contributed by atoms with Gasteiger partial charge in [-0.2, -0.15) is 13.2 Å². The van der Waals surface area contributed by atoms with Gasteiger partial charge >= 0.3 is 6.18 Å². The number of hydrogen-bond acceptors (Lipinski definition) is 3. The van der Waals surface area contributed by atoms with Gasteiger partial charge in [-0.25, -0.2) is 17.2 Å². The van der Waals surface area contributed by atoms with Crippen LogP contribution in [0.4, 0.5) is 33.5 Å². The highest BCUT2D eigenvalue weighted by molar-refractivity contribution is 7.92. The fraction of sp³-hybridized carbons (Fsp3) is 0.267. The fourth-order valence-electron chi connectivity index (χ4n) is 2.62. The third-order valence-electron chi connectivity index (χ3n) is 3.92. The SMILES string of the molecule is O=C1CCCN1c1cc(S(=O)(=O)Nc2cc(F)c(C(F)(F)F)cc2F)c[nH]1. The van der Waals surface area contributed by atoms with Crippen LogP contribution in [-0.4, -0.2) is 25.9 Å². The normalized spacial score (nSPS) is 15.4. The summed E-state index contributed by atoms with van der Waals surface area (Å²) < 4.78 is 91.5. The van der Waals surface area contributed by atoms with E-state index in [0.717, 1.165) is 12.3 Å². The predicted octanol–water partition coefficient (Wildman–Crippen LogP) is 3.24. The van der Waals surface area contributed by atoms with Crippen LogP contribution in [0.5, 0.6) is 0 Å². The number of aromatic nitrogens is 1. The minimum Gasteiger partial charge on any atom is -0.347 e. The van der Waals surface area contributed by atoms with Crippen molar-refractivity contribution >= 4 is 27.4 Å². The molecule has 1 aliphatic rings. The Hall–Kier alpha value is -2.63. The molecule has 0 saturated carbocycles. The Labute approximate surface area is 150 Å². The van der Waals surface area contributed by atoms with Crippen molar-refractivity contribution in [1.29, 1.82) is 0 Å². The molecule has 3 rings (SSSR count). The molecule has 0 unspecified atom stereocenters. The minimum atomic E-state index is -5.12. The van der Waals surface area contributed by atoms with Crippen LogP contribution in [-0.2, 0) is 21.0 Å². The van der Waals surface area contributed by atoms with Crippen LogP contribution in [0.2, 0.25) is 0 Å². The van der Waals surface area contributed by atoms with Gasteiger partial charge in [0.2, 0.25) is 5.91 Å². The number of carbonyl (C=O) groups is 1. The van der Waals surface area contributed by atoms with Crippen molar-refractivity contribution in [2.24, 2.45) is 0 Å². The number of carbonyl (C=O) groups excluding carboxylic acids is 1. The molecule has 146 valence electrons. The van der Waals surface area contributed by atoms with Crippen molar-refractivity contribution < 1.29 is 35.2 Å². The molecule has 6 nitrogen and oxygen atoms in total. The zero-order valence-electron chi connectivity index (χ0n) is 13.4. The van der Waals surface area contributed by atoms with Crippen molar-refractivity contribution in [2.75, 3.05) is 16.2 Å². The molecule has 0 spiro atoms. The van der Waals surface area contributed by atoms with E-state index in [9.17, 15) is 35.2 Å². The van der Waals surface area contributed by atoms with Gasteiger partial charge < -0.3 is 4.98 Å². The first kappa shape index (κ1) is 19.1. The number of sulfonamides is 1. The monoisotopic (exact) mass is 409 g/mol. The first-order chi connectivity index (χ1) is 12.5. The summed E-state index contributed by atoms with van der Waals surface area (Å²) in [5.41, 5.74) is -2.82. The average molecular weight is 409 g/mol. The molecule has 1 aliphatic heterocycles. The molecule has 1 fully saturated rings. The van der Waals surface area contributed by atoms with E-state index in [0.29, 0.717) is 19.4 Å². The van der Waals surface area contributed by atoms with Crippen LogP contribution >= 0.6 is 0 Å². The van der Waals surface area contributed by atoms with Crippen LogP contribution in [0.15, 0.2) is 29.3 Å². The summed E-state index contributed by atoms with van der Waals surface area (Å²) in [7, 11) is -4.43. The topological polar surface area (TPSA) is 82.3 Å². The number of nitrogens with one attached hydrogen (secondary N) is 2. The molecule has 0 bridgehead atoms. The Bertz CT molecular complexity index is 1000. The quantitative estimate of drug-likeness (QED) is 0.761. The molecule has 1 amide bonds. The van der Waals surface area contributed by atoms with Crippen molar-refractivity contribution in [3.8, 4) is 0 Å². The predicted molar refractivity (Wildman–Crippen MR) is 84.5 cm³/mol. The smallest absolute Gasteiger partial charge is 0.347 e. The lowest BCUT2D eigenvalue weighted by atomic mass is 10.2. The maximum Gasteiger partial charge on any atom is 0.419 e. The molecule has 0 aliphatic carbocycles. The molecular formula is C15H12F5N3O3S. The lowest BCUT2D eigenvalue weighted by Gasteiger charge is -2.13. The van der Waals surface area contributed by atoms with Crippen LogP contribution in [0.1, 0.15) is 18.4 Å². The van der Waals surface area contributed by atoms with E-state index in [1.165, 1.54) is 4.90 Å². The number of benzene rings is 1. The molecule has 1 aromatic carbocycles. The second-order valence-electron chi connectivity index (χ2n) is 5.78. The zero-order valence-corrected chi connectivity index (χ0v) is 14.2. The maximum absolute atomic E-state index is 13.9. The Balaban J connectivity index is 1.88. The summed E-state index contributed by atoms with van der Waals surface area (Å²) >= 11 is 0. The van der Waals surface area contributed by atoms with Gasteiger partial charge in [0.25, 0.3) is 10.0 Å². The van der Waals surface area contributed by atoms with Gasteiger partial charge in [-0.05, 0) is 12.5 Å². The summed E-state index contributed by atoms with van der Waals surface area (Å²) in [5.74, 6) is -3.40. The lowest BCUT2D eigenvalue weighted by Crippen LogP contribution is -2.23. The van der Waals surface area contributed by atoms with E-state index in [2.05, 4.69) is 4.98 Å². The van der Waals surface area contributed by atoms with Crippen molar-refractivity contribution in [1.82, 2.24) is 4.98 Å². The first-order valence-corrected chi connectivity index (χ1v) is 9.05. The summed E-state index contributed by atoms with van der Waals surface area (Å²) in [4.78, 5) is 15.2. The van der Waals surface area contributed by atoms with E-state index in [1.54, 1.807) is 4.72 Å². The minimum absolute atomic E-state index is 0.118. The number of hydrogen-bond donors (Lipinski definition) is 2. The Morgan fingerprint density at radius 1 is 1.11 bits per heavy atom. The van der Waals surface area contributed by atoms with E-state index < -0.39 is 44.0 Å². The fourth-order valence-corrected chi connectivity index (χ4v) is 3.67. The Kier molecular flexibility index (Phi) is 4.62. The Morgan fingerprint density at radius 2 is 1.81 bits per heavy atom. The number of nitrogens with zero attached hydrogens (tertiary/aromatic N) is 1. The number of halogens is 5. The van der Waals surface area contributed by atoms with Gasteiger partial charge in [0.1, 0.15) is 22.3 Å². The van der Waals surface area contributed by atoms with Crippen molar-refractivity contribution in [2.45, 2.75) is 23.9 Å². The molecule has 2 heterocycles. The first-order valence-electron chi connectivity index (χ1n) is 7.57. The van der Waals surface area contributed by atoms with Crippen LogP contribution in [0, 0.1) is 11.6 Å². The number of aromatic amines is 1. The third kappa shape index (κ3) is 3.75. The molecule has 2 aromatic rings. The molecule has 27 heavy (non-hydrogen) atoms. The molecule has 0 atom stereocenters. The standard InChI is InChI=1S/C15H12F5N3O3S/c16-10-6-12(11(17)5-9(10)15(18,19)20)22-27(25,26)8-4-13(21-7-8)23-3-1-2-14(23)24/h4-7,21-22H,1-3H2. The summed E-state index contributed by atoms with van der Waals surface area (Å²) in [6.45, 7) is 0.394. The van der Waals surface area contributed by atoms with Gasteiger partial charge in [0, 0.05) is 31.3 Å². The third-order valence-corrected chi connectivity index (χ3v) is 5.27. The lowest BCUT2D eigenvalue weighted by molar-refractivity contribution is -0.140. The second kappa shape index (κ2) is 6.51. The van der Waals surface area contributed by atoms with Gasteiger partial charge in [-0.15, -0.1) is 0 Å². The Morgan fingerprint density at radius 3 is 2.41 bits per heavy atom. The highest BCUT2D eigenvalue weighted by Gasteiger charge is 2.35. The highest BCUT2D eigenvalue weighted by Crippen LogP contribution is 2.34.